The lowest BCUT2D eigenvalue weighted by atomic mass is 9.53. The minimum atomic E-state index is 0.237. The summed E-state index contributed by atoms with van der Waals surface area (Å²) < 4.78 is 6.31. The van der Waals surface area contributed by atoms with Crippen LogP contribution in [-0.2, 0) is 6.42 Å². The third kappa shape index (κ3) is 5.00. The van der Waals surface area contributed by atoms with Gasteiger partial charge in [-0.1, -0.05) is 57.4 Å². The van der Waals surface area contributed by atoms with Crippen LogP contribution in [0.15, 0.2) is 36.4 Å². The zero-order chi connectivity index (χ0) is 24.0. The molecule has 3 heteroatoms. The highest BCUT2D eigenvalue weighted by molar-refractivity contribution is 5.76. The van der Waals surface area contributed by atoms with E-state index in [-0.39, 0.29) is 5.41 Å². The molecule has 0 aromatic heterocycles. The summed E-state index contributed by atoms with van der Waals surface area (Å²) in [4.78, 5) is 0. The van der Waals surface area contributed by atoms with Crippen LogP contribution in [0.5, 0.6) is 5.75 Å². The van der Waals surface area contributed by atoms with Gasteiger partial charge >= 0.3 is 0 Å². The van der Waals surface area contributed by atoms with Gasteiger partial charge in [0.15, 0.2) is 0 Å². The summed E-state index contributed by atoms with van der Waals surface area (Å²) in [6.07, 6.45) is 15.0. The average molecular weight is 455 g/mol. The molecule has 0 N–H and O–H groups in total. The smallest absolute Gasteiger partial charge is 0.138 e. The summed E-state index contributed by atoms with van der Waals surface area (Å²) >= 11 is 0. The van der Waals surface area contributed by atoms with Gasteiger partial charge in [-0.25, -0.2) is 0 Å². The summed E-state index contributed by atoms with van der Waals surface area (Å²) in [6, 6.07) is 16.9. The SMILES string of the molecule is CCCCCc1ccc(-c2ccc(OCC34CCC(CCC)(CC3)CC4)c(C#N)c2C#N)cc1. The quantitative estimate of drug-likeness (QED) is 0.339. The number of rotatable bonds is 10. The predicted octanol–water partition coefficient (Wildman–Crippen LogP) is 8.35. The van der Waals surface area contributed by atoms with Crippen molar-refractivity contribution in [1.82, 2.24) is 0 Å². The van der Waals surface area contributed by atoms with Gasteiger partial charge < -0.3 is 4.74 Å². The topological polar surface area (TPSA) is 56.8 Å². The van der Waals surface area contributed by atoms with Crippen molar-refractivity contribution in [2.24, 2.45) is 10.8 Å². The molecular formula is C31H38N2O. The number of hydrogen-bond donors (Lipinski definition) is 0. The fourth-order valence-corrected chi connectivity index (χ4v) is 6.30. The largest absolute Gasteiger partial charge is 0.492 e. The number of hydrogen-bond acceptors (Lipinski definition) is 3. The molecule has 178 valence electrons. The molecule has 3 aliphatic carbocycles. The second kappa shape index (κ2) is 10.7. The molecule has 5 rings (SSSR count). The maximum Gasteiger partial charge on any atom is 0.138 e. The van der Waals surface area contributed by atoms with Gasteiger partial charge in [0.2, 0.25) is 0 Å². The van der Waals surface area contributed by atoms with Crippen LogP contribution in [0.3, 0.4) is 0 Å². The van der Waals surface area contributed by atoms with Crippen LogP contribution >= 0.6 is 0 Å². The summed E-state index contributed by atoms with van der Waals surface area (Å²) in [6.45, 7) is 5.17. The average Bonchev–Trinajstić information content (AvgIpc) is 2.88. The van der Waals surface area contributed by atoms with E-state index in [0.29, 0.717) is 28.9 Å². The van der Waals surface area contributed by atoms with Crippen molar-refractivity contribution in [3.05, 3.63) is 53.1 Å². The molecule has 34 heavy (non-hydrogen) atoms. The van der Waals surface area contributed by atoms with Crippen molar-refractivity contribution in [1.29, 1.82) is 10.5 Å². The summed E-state index contributed by atoms with van der Waals surface area (Å²) in [7, 11) is 0. The first-order valence-electron chi connectivity index (χ1n) is 13.3. The summed E-state index contributed by atoms with van der Waals surface area (Å²) in [5.74, 6) is 0.560. The van der Waals surface area contributed by atoms with Crippen LogP contribution in [0.1, 0.15) is 101 Å². The van der Waals surface area contributed by atoms with Gasteiger partial charge in [-0.05, 0) is 86.5 Å². The second-order valence-electron chi connectivity index (χ2n) is 10.8. The lowest BCUT2D eigenvalue weighted by Gasteiger charge is -2.53. The monoisotopic (exact) mass is 454 g/mol. The van der Waals surface area contributed by atoms with Gasteiger partial charge in [-0.15, -0.1) is 0 Å². The molecule has 0 aliphatic heterocycles. The highest BCUT2D eigenvalue weighted by Gasteiger charge is 2.48. The Labute approximate surface area is 205 Å². The van der Waals surface area contributed by atoms with E-state index in [1.54, 1.807) is 0 Å². The van der Waals surface area contributed by atoms with E-state index in [9.17, 15) is 10.5 Å². The van der Waals surface area contributed by atoms with Gasteiger partial charge in [-0.2, -0.15) is 10.5 Å². The third-order valence-electron chi connectivity index (χ3n) is 8.60. The molecule has 3 aliphatic rings. The lowest BCUT2D eigenvalue weighted by Crippen LogP contribution is -2.44. The molecule has 3 nitrogen and oxygen atoms in total. The Balaban J connectivity index is 1.49. The summed E-state index contributed by atoms with van der Waals surface area (Å²) in [5, 5.41) is 19.9. The van der Waals surface area contributed by atoms with Crippen LogP contribution in [0.4, 0.5) is 0 Å². The fourth-order valence-electron chi connectivity index (χ4n) is 6.30. The fraction of sp³-hybridized carbons (Fsp3) is 0.548. The van der Waals surface area contributed by atoms with Crippen molar-refractivity contribution in [3.63, 3.8) is 0 Å². The van der Waals surface area contributed by atoms with Crippen LogP contribution in [0.2, 0.25) is 0 Å². The Morgan fingerprint density at radius 2 is 1.41 bits per heavy atom. The molecule has 0 saturated heterocycles. The molecule has 3 fully saturated rings. The lowest BCUT2D eigenvalue weighted by molar-refractivity contribution is -0.0402. The van der Waals surface area contributed by atoms with Crippen LogP contribution in [0.25, 0.3) is 11.1 Å². The van der Waals surface area contributed by atoms with Gasteiger partial charge in [-0.3, -0.25) is 0 Å². The van der Waals surface area contributed by atoms with Crippen molar-refractivity contribution in [3.8, 4) is 29.0 Å². The van der Waals surface area contributed by atoms with E-state index < -0.39 is 0 Å². The van der Waals surface area contributed by atoms with Crippen LogP contribution < -0.4 is 4.74 Å². The first kappa shape index (κ1) is 24.3. The number of aryl methyl sites for hydroxylation is 1. The van der Waals surface area contributed by atoms with E-state index in [4.69, 9.17) is 4.74 Å². The molecule has 0 radical (unpaired) electrons. The Morgan fingerprint density at radius 1 is 0.765 bits per heavy atom. The Morgan fingerprint density at radius 3 is 2.00 bits per heavy atom. The first-order valence-corrected chi connectivity index (χ1v) is 13.3. The first-order chi connectivity index (χ1) is 16.6. The number of unbranched alkanes of at least 4 members (excludes halogenated alkanes) is 2. The molecule has 3 saturated carbocycles. The van der Waals surface area contributed by atoms with E-state index >= 15 is 0 Å². The van der Waals surface area contributed by atoms with Crippen LogP contribution in [0, 0.1) is 33.5 Å². The Kier molecular flexibility index (Phi) is 7.63. The van der Waals surface area contributed by atoms with E-state index in [1.165, 1.54) is 76.2 Å². The number of fused-ring (bicyclic) bond motifs is 3. The highest BCUT2D eigenvalue weighted by atomic mass is 16.5. The van der Waals surface area contributed by atoms with Crippen molar-refractivity contribution >= 4 is 0 Å². The third-order valence-corrected chi connectivity index (χ3v) is 8.60. The van der Waals surface area contributed by atoms with Crippen molar-refractivity contribution < 1.29 is 4.74 Å². The zero-order valence-corrected chi connectivity index (χ0v) is 21.0. The standard InChI is InChI=1S/C31H38N2O/c1-3-5-6-7-24-8-10-25(11-9-24)26-12-13-29(28(22-33)27(26)21-32)34-23-31-18-15-30(14-4-2,16-19-31)17-20-31/h8-13H,3-7,14-20,23H2,1-2H3. The minimum absolute atomic E-state index is 0.237. The zero-order valence-electron chi connectivity index (χ0n) is 21.0. The van der Waals surface area contributed by atoms with Crippen molar-refractivity contribution in [2.45, 2.75) is 90.9 Å². The molecular weight excluding hydrogens is 416 g/mol. The van der Waals surface area contributed by atoms with E-state index in [0.717, 1.165) is 17.5 Å². The Bertz CT molecular complexity index is 1050. The maximum absolute atomic E-state index is 9.96. The molecule has 0 amide bonds. The van der Waals surface area contributed by atoms with E-state index in [1.807, 2.05) is 12.1 Å². The number of nitriles is 2. The highest BCUT2D eigenvalue weighted by Crippen LogP contribution is 2.58. The molecule has 2 bridgehead atoms. The normalized spacial score (nSPS) is 23.3. The second-order valence-corrected chi connectivity index (χ2v) is 10.8. The van der Waals surface area contributed by atoms with E-state index in [2.05, 4.69) is 50.3 Å². The number of benzene rings is 2. The summed E-state index contributed by atoms with van der Waals surface area (Å²) in [5.41, 5.74) is 4.71. The molecule has 2 aromatic carbocycles. The molecule has 0 atom stereocenters. The molecule has 0 spiro atoms. The van der Waals surface area contributed by atoms with Gasteiger partial charge in [0.05, 0.1) is 12.2 Å². The predicted molar refractivity (Wildman–Crippen MR) is 138 cm³/mol. The molecule has 2 aromatic rings. The molecule has 0 heterocycles. The number of nitrogens with zero attached hydrogens (tertiary/aromatic N) is 2. The maximum atomic E-state index is 9.96. The van der Waals surface area contributed by atoms with Gasteiger partial charge in [0, 0.05) is 11.0 Å². The Hall–Kier alpha value is -2.78. The number of ether oxygens (including phenoxy) is 1. The molecule has 0 unspecified atom stereocenters. The minimum Gasteiger partial charge on any atom is -0.492 e. The van der Waals surface area contributed by atoms with Gasteiger partial charge in [0.1, 0.15) is 23.5 Å². The van der Waals surface area contributed by atoms with Crippen molar-refractivity contribution in [2.75, 3.05) is 6.61 Å². The van der Waals surface area contributed by atoms with Gasteiger partial charge in [0.25, 0.3) is 0 Å². The van der Waals surface area contributed by atoms with Crippen LogP contribution in [-0.4, -0.2) is 6.61 Å².